The molecule has 1 saturated heterocycles. The molecule has 190 valence electrons. The average molecular weight is 486 g/mol. The fourth-order valence-electron chi connectivity index (χ4n) is 4.28. The van der Waals surface area contributed by atoms with E-state index in [1.54, 1.807) is 0 Å². The van der Waals surface area contributed by atoms with Crippen molar-refractivity contribution < 1.29 is 4.74 Å². The highest BCUT2D eigenvalue weighted by Crippen LogP contribution is 2.25. The van der Waals surface area contributed by atoms with Gasteiger partial charge in [-0.3, -0.25) is 0 Å². The number of nitrogens with one attached hydrogen (secondary N) is 2. The van der Waals surface area contributed by atoms with Gasteiger partial charge in [-0.1, -0.05) is 32.6 Å². The number of benzene rings is 3. The van der Waals surface area contributed by atoms with Gasteiger partial charge in [0.1, 0.15) is 5.75 Å². The summed E-state index contributed by atoms with van der Waals surface area (Å²) >= 11 is 0. The number of ether oxygens (including phenoxy) is 1. The summed E-state index contributed by atoms with van der Waals surface area (Å²) in [6.45, 7) is 5.31. The van der Waals surface area contributed by atoms with E-state index in [1.165, 1.54) is 50.6 Å². The number of nitrogens with zero attached hydrogens (tertiary/aromatic N) is 3. The molecule has 6 nitrogen and oxygen atoms in total. The summed E-state index contributed by atoms with van der Waals surface area (Å²) in [5, 5.41) is 8.77. The van der Waals surface area contributed by atoms with Crippen molar-refractivity contribution in [1.82, 2.24) is 0 Å². The third-order valence-corrected chi connectivity index (χ3v) is 6.44. The molecule has 0 unspecified atom stereocenters. The van der Waals surface area contributed by atoms with Gasteiger partial charge in [0.15, 0.2) is 0 Å². The number of anilines is 3. The molecule has 0 atom stereocenters. The molecule has 1 aliphatic rings. The lowest BCUT2D eigenvalue weighted by Gasteiger charge is -2.28. The molecular formula is C30H39N5O. The monoisotopic (exact) mass is 485 g/mol. The van der Waals surface area contributed by atoms with E-state index in [4.69, 9.17) is 4.74 Å². The normalized spacial score (nSPS) is 13.6. The fraction of sp³-hybridized carbons (Fsp3) is 0.400. The Morgan fingerprint density at radius 1 is 0.667 bits per heavy atom. The molecule has 0 aliphatic carbocycles. The second kappa shape index (κ2) is 14.1. The molecule has 4 rings (SSSR count). The van der Waals surface area contributed by atoms with Crippen molar-refractivity contribution in [2.24, 2.45) is 10.2 Å². The zero-order valence-electron chi connectivity index (χ0n) is 21.5. The molecule has 0 saturated carbocycles. The molecule has 0 spiro atoms. The Hall–Kier alpha value is -3.54. The van der Waals surface area contributed by atoms with Gasteiger partial charge < -0.3 is 20.5 Å². The SMILES string of the molecule is CCCCCCCOc1ccc(NNc2ccc(N=Nc3ccc(N4CCCCC4)cc3)cc2)cc1. The van der Waals surface area contributed by atoms with Crippen LogP contribution in [-0.4, -0.2) is 19.7 Å². The van der Waals surface area contributed by atoms with Crippen molar-refractivity contribution in [1.29, 1.82) is 0 Å². The third-order valence-electron chi connectivity index (χ3n) is 6.44. The van der Waals surface area contributed by atoms with Crippen LogP contribution in [-0.2, 0) is 0 Å². The number of hydrazine groups is 1. The summed E-state index contributed by atoms with van der Waals surface area (Å²) in [4.78, 5) is 2.45. The second-order valence-corrected chi connectivity index (χ2v) is 9.35. The van der Waals surface area contributed by atoms with E-state index in [9.17, 15) is 0 Å². The molecule has 1 fully saturated rings. The Labute approximate surface area is 215 Å². The van der Waals surface area contributed by atoms with E-state index in [-0.39, 0.29) is 0 Å². The summed E-state index contributed by atoms with van der Waals surface area (Å²) in [5.74, 6) is 0.909. The summed E-state index contributed by atoms with van der Waals surface area (Å²) in [5.41, 5.74) is 11.3. The van der Waals surface area contributed by atoms with Crippen molar-refractivity contribution in [2.75, 3.05) is 35.4 Å². The largest absolute Gasteiger partial charge is 0.494 e. The molecule has 6 heteroatoms. The Balaban J connectivity index is 1.19. The summed E-state index contributed by atoms with van der Waals surface area (Å²) in [6, 6.07) is 24.3. The molecule has 0 amide bonds. The summed E-state index contributed by atoms with van der Waals surface area (Å²) in [7, 11) is 0. The first kappa shape index (κ1) is 25.5. The lowest BCUT2D eigenvalue weighted by Crippen LogP contribution is -2.29. The van der Waals surface area contributed by atoms with Crippen molar-refractivity contribution >= 4 is 28.4 Å². The van der Waals surface area contributed by atoms with Gasteiger partial charge in [-0.2, -0.15) is 10.2 Å². The first-order chi connectivity index (χ1) is 17.8. The maximum atomic E-state index is 5.84. The van der Waals surface area contributed by atoms with Crippen LogP contribution in [0.3, 0.4) is 0 Å². The van der Waals surface area contributed by atoms with Crippen LogP contribution in [0.1, 0.15) is 58.3 Å². The van der Waals surface area contributed by atoms with Crippen molar-refractivity contribution in [3.8, 4) is 5.75 Å². The van der Waals surface area contributed by atoms with E-state index >= 15 is 0 Å². The van der Waals surface area contributed by atoms with E-state index in [2.05, 4.69) is 45.0 Å². The molecular weight excluding hydrogens is 446 g/mol. The van der Waals surface area contributed by atoms with Gasteiger partial charge in [0.25, 0.3) is 0 Å². The van der Waals surface area contributed by atoms with Gasteiger partial charge in [-0.15, -0.1) is 0 Å². The number of hydrogen-bond acceptors (Lipinski definition) is 6. The van der Waals surface area contributed by atoms with Crippen LogP contribution in [0.2, 0.25) is 0 Å². The van der Waals surface area contributed by atoms with Crippen LogP contribution >= 0.6 is 0 Å². The van der Waals surface area contributed by atoms with Crippen LogP contribution in [0.15, 0.2) is 83.0 Å². The quantitative estimate of drug-likeness (QED) is 0.144. The van der Waals surface area contributed by atoms with Crippen LogP contribution < -0.4 is 20.5 Å². The predicted molar refractivity (Wildman–Crippen MR) is 151 cm³/mol. The Morgan fingerprint density at radius 2 is 1.22 bits per heavy atom. The average Bonchev–Trinajstić information content (AvgIpc) is 2.94. The zero-order chi connectivity index (χ0) is 24.8. The van der Waals surface area contributed by atoms with Crippen LogP contribution in [0.5, 0.6) is 5.75 Å². The van der Waals surface area contributed by atoms with Gasteiger partial charge >= 0.3 is 0 Å². The summed E-state index contributed by atoms with van der Waals surface area (Å²) < 4.78 is 5.84. The first-order valence-electron chi connectivity index (χ1n) is 13.4. The van der Waals surface area contributed by atoms with Gasteiger partial charge in [0.05, 0.1) is 29.4 Å². The van der Waals surface area contributed by atoms with Crippen molar-refractivity contribution in [2.45, 2.75) is 58.3 Å². The fourth-order valence-corrected chi connectivity index (χ4v) is 4.28. The highest BCUT2D eigenvalue weighted by Gasteiger charge is 2.10. The van der Waals surface area contributed by atoms with E-state index in [1.807, 2.05) is 60.7 Å². The van der Waals surface area contributed by atoms with Crippen LogP contribution in [0.25, 0.3) is 0 Å². The zero-order valence-corrected chi connectivity index (χ0v) is 21.5. The Morgan fingerprint density at radius 3 is 1.83 bits per heavy atom. The molecule has 1 aliphatic heterocycles. The van der Waals surface area contributed by atoms with E-state index < -0.39 is 0 Å². The number of piperidine rings is 1. The number of unbranched alkanes of at least 4 members (excludes halogenated alkanes) is 4. The third kappa shape index (κ3) is 8.29. The van der Waals surface area contributed by atoms with Crippen LogP contribution in [0, 0.1) is 0 Å². The molecule has 0 bridgehead atoms. The molecule has 2 N–H and O–H groups in total. The van der Waals surface area contributed by atoms with Crippen molar-refractivity contribution in [3.63, 3.8) is 0 Å². The molecule has 36 heavy (non-hydrogen) atoms. The topological polar surface area (TPSA) is 61.2 Å². The van der Waals surface area contributed by atoms with Crippen molar-refractivity contribution in [3.05, 3.63) is 72.8 Å². The van der Waals surface area contributed by atoms with Gasteiger partial charge in [0.2, 0.25) is 0 Å². The minimum atomic E-state index is 0.780. The molecule has 3 aromatic carbocycles. The Bertz CT molecular complexity index is 1040. The second-order valence-electron chi connectivity index (χ2n) is 9.35. The Kier molecular flexibility index (Phi) is 10.0. The minimum absolute atomic E-state index is 0.780. The predicted octanol–water partition coefficient (Wildman–Crippen LogP) is 8.88. The first-order valence-corrected chi connectivity index (χ1v) is 13.4. The van der Waals surface area contributed by atoms with Gasteiger partial charge in [-0.25, -0.2) is 0 Å². The standard InChI is InChI=1S/C30H39N5O/c1-2-3-4-5-9-24-36-30-20-16-28(17-21-30)34-32-26-12-10-25(11-13-26)31-33-27-14-18-29(19-15-27)35-22-7-6-8-23-35/h10-21,32,34H,2-9,22-24H2,1H3. The lowest BCUT2D eigenvalue weighted by atomic mass is 10.1. The molecule has 1 heterocycles. The number of rotatable bonds is 13. The molecule has 0 aromatic heterocycles. The summed E-state index contributed by atoms with van der Waals surface area (Å²) in [6.07, 6.45) is 10.1. The van der Waals surface area contributed by atoms with E-state index in [0.717, 1.165) is 54.6 Å². The number of azo groups is 1. The smallest absolute Gasteiger partial charge is 0.119 e. The maximum absolute atomic E-state index is 5.84. The van der Waals surface area contributed by atoms with Crippen LogP contribution in [0.4, 0.5) is 28.4 Å². The minimum Gasteiger partial charge on any atom is -0.494 e. The van der Waals surface area contributed by atoms with Gasteiger partial charge in [-0.05, 0) is 98.5 Å². The molecule has 0 radical (unpaired) electrons. The molecule has 3 aromatic rings. The van der Waals surface area contributed by atoms with Gasteiger partial charge in [0, 0.05) is 18.8 Å². The van der Waals surface area contributed by atoms with E-state index in [0.29, 0.717) is 0 Å². The lowest BCUT2D eigenvalue weighted by molar-refractivity contribution is 0.304. The highest BCUT2D eigenvalue weighted by atomic mass is 16.5. The maximum Gasteiger partial charge on any atom is 0.119 e. The number of hydrogen-bond donors (Lipinski definition) is 2. The highest BCUT2D eigenvalue weighted by molar-refractivity contribution is 5.57.